The Hall–Kier alpha value is -3.26. The van der Waals surface area contributed by atoms with Gasteiger partial charge < -0.3 is 24.6 Å². The maximum Gasteiger partial charge on any atom is 0.228 e. The second kappa shape index (κ2) is 10.3. The normalized spacial score (nSPS) is 18.7. The summed E-state index contributed by atoms with van der Waals surface area (Å²) >= 11 is 6.14. The number of piperidine rings is 1. The van der Waals surface area contributed by atoms with Crippen molar-refractivity contribution in [2.24, 2.45) is 11.8 Å². The quantitative estimate of drug-likeness (QED) is 0.675. The molecule has 0 bridgehead atoms. The molecule has 1 N–H and O–H groups in total. The van der Waals surface area contributed by atoms with Gasteiger partial charge in [0.1, 0.15) is 11.5 Å². The van der Waals surface area contributed by atoms with Crippen LogP contribution in [0.1, 0.15) is 19.3 Å². The van der Waals surface area contributed by atoms with Crippen LogP contribution in [0, 0.1) is 11.8 Å². The van der Waals surface area contributed by atoms with Crippen LogP contribution >= 0.6 is 11.6 Å². The van der Waals surface area contributed by atoms with Gasteiger partial charge in [-0.3, -0.25) is 14.4 Å². The number of para-hydroxylation sites is 1. The maximum atomic E-state index is 13.1. The van der Waals surface area contributed by atoms with Crippen LogP contribution in [-0.4, -0.2) is 56.5 Å². The summed E-state index contributed by atoms with van der Waals surface area (Å²) < 4.78 is 10.6. The van der Waals surface area contributed by atoms with Crippen molar-refractivity contribution in [3.8, 4) is 11.5 Å². The number of anilines is 2. The van der Waals surface area contributed by atoms with Gasteiger partial charge in [-0.1, -0.05) is 29.8 Å². The summed E-state index contributed by atoms with van der Waals surface area (Å²) in [5.74, 6) is 0.0989. The van der Waals surface area contributed by atoms with E-state index in [4.69, 9.17) is 21.1 Å². The number of hydrogen-bond donors (Lipinski definition) is 1. The van der Waals surface area contributed by atoms with E-state index in [1.165, 1.54) is 14.2 Å². The van der Waals surface area contributed by atoms with E-state index >= 15 is 0 Å². The molecule has 2 aliphatic rings. The largest absolute Gasteiger partial charge is 0.495 e. The van der Waals surface area contributed by atoms with Crippen LogP contribution in [0.3, 0.4) is 0 Å². The standard InChI is InChI=1S/C25H28ClN3O5/c1-33-21-14-20(22(34-2)13-19(21)26)27-24(31)16-8-10-28(11-9-16)25(32)17-12-23(30)29(15-17)18-6-4-3-5-7-18/h3-7,13-14,16-17H,8-12,15H2,1-2H3,(H,27,31). The molecule has 4 rings (SSSR count). The number of carbonyl (C=O) groups is 3. The van der Waals surface area contributed by atoms with Gasteiger partial charge in [0, 0.05) is 49.8 Å². The molecule has 9 heteroatoms. The predicted molar refractivity (Wildman–Crippen MR) is 129 cm³/mol. The van der Waals surface area contributed by atoms with Crippen molar-refractivity contribution in [1.82, 2.24) is 4.90 Å². The van der Waals surface area contributed by atoms with Crippen molar-refractivity contribution in [2.75, 3.05) is 44.1 Å². The summed E-state index contributed by atoms with van der Waals surface area (Å²) in [5.41, 5.74) is 1.30. The zero-order valence-corrected chi connectivity index (χ0v) is 20.0. The van der Waals surface area contributed by atoms with Gasteiger partial charge in [0.05, 0.1) is 30.8 Å². The Morgan fingerprint density at radius 3 is 2.32 bits per heavy atom. The number of halogens is 1. The molecule has 2 fully saturated rings. The molecular formula is C25H28ClN3O5. The molecule has 3 amide bonds. The van der Waals surface area contributed by atoms with Gasteiger partial charge in [-0.05, 0) is 25.0 Å². The monoisotopic (exact) mass is 485 g/mol. The second-order valence-electron chi connectivity index (χ2n) is 8.52. The summed E-state index contributed by atoms with van der Waals surface area (Å²) in [6.07, 6.45) is 1.31. The lowest BCUT2D eigenvalue weighted by Gasteiger charge is -2.33. The van der Waals surface area contributed by atoms with Crippen LogP contribution in [0.5, 0.6) is 11.5 Å². The molecule has 0 radical (unpaired) electrons. The Bertz CT molecular complexity index is 1070. The van der Waals surface area contributed by atoms with E-state index in [1.54, 1.807) is 21.9 Å². The minimum absolute atomic E-state index is 0.0188. The summed E-state index contributed by atoms with van der Waals surface area (Å²) in [5, 5.41) is 3.29. The first-order chi connectivity index (χ1) is 16.4. The van der Waals surface area contributed by atoms with Crippen molar-refractivity contribution >= 4 is 40.7 Å². The number of carbonyl (C=O) groups excluding carboxylic acids is 3. The highest BCUT2D eigenvalue weighted by molar-refractivity contribution is 6.32. The van der Waals surface area contributed by atoms with Crippen molar-refractivity contribution < 1.29 is 23.9 Å². The third-order valence-corrected chi connectivity index (χ3v) is 6.75. The lowest BCUT2D eigenvalue weighted by molar-refractivity contribution is -0.138. The average molecular weight is 486 g/mol. The molecule has 0 saturated carbocycles. The summed E-state index contributed by atoms with van der Waals surface area (Å²) in [6, 6.07) is 12.6. The minimum atomic E-state index is -0.358. The second-order valence-corrected chi connectivity index (χ2v) is 8.92. The summed E-state index contributed by atoms with van der Waals surface area (Å²) in [7, 11) is 3.01. The van der Waals surface area contributed by atoms with Crippen molar-refractivity contribution in [2.45, 2.75) is 19.3 Å². The molecule has 180 valence electrons. The van der Waals surface area contributed by atoms with E-state index in [-0.39, 0.29) is 36.0 Å². The van der Waals surface area contributed by atoms with Gasteiger partial charge in [0.15, 0.2) is 0 Å². The molecule has 8 nitrogen and oxygen atoms in total. The first-order valence-electron chi connectivity index (χ1n) is 11.3. The molecule has 1 atom stereocenters. The molecule has 1 unspecified atom stereocenters. The fraction of sp³-hybridized carbons (Fsp3) is 0.400. The minimum Gasteiger partial charge on any atom is -0.495 e. The number of benzene rings is 2. The number of likely N-dealkylation sites (tertiary alicyclic amines) is 1. The van der Waals surface area contributed by atoms with E-state index < -0.39 is 0 Å². The summed E-state index contributed by atoms with van der Waals surface area (Å²) in [4.78, 5) is 41.9. The Kier molecular flexibility index (Phi) is 7.26. The lowest BCUT2D eigenvalue weighted by atomic mass is 9.94. The smallest absolute Gasteiger partial charge is 0.228 e. The van der Waals surface area contributed by atoms with Gasteiger partial charge in [-0.25, -0.2) is 0 Å². The van der Waals surface area contributed by atoms with E-state index in [1.807, 2.05) is 30.3 Å². The zero-order chi connectivity index (χ0) is 24.2. The molecule has 34 heavy (non-hydrogen) atoms. The average Bonchev–Trinajstić information content (AvgIpc) is 3.26. The molecule has 0 spiro atoms. The van der Waals surface area contributed by atoms with Crippen LogP contribution in [0.15, 0.2) is 42.5 Å². The van der Waals surface area contributed by atoms with E-state index in [9.17, 15) is 14.4 Å². The maximum absolute atomic E-state index is 13.1. The highest BCUT2D eigenvalue weighted by Crippen LogP contribution is 2.36. The molecule has 0 aliphatic carbocycles. The van der Waals surface area contributed by atoms with E-state index in [2.05, 4.69) is 5.32 Å². The number of rotatable bonds is 6. The molecule has 2 heterocycles. The zero-order valence-electron chi connectivity index (χ0n) is 19.3. The van der Waals surface area contributed by atoms with Crippen molar-refractivity contribution in [3.05, 3.63) is 47.5 Å². The molecule has 2 aromatic carbocycles. The van der Waals surface area contributed by atoms with Gasteiger partial charge in [0.2, 0.25) is 17.7 Å². The van der Waals surface area contributed by atoms with E-state index in [0.717, 1.165) is 5.69 Å². The van der Waals surface area contributed by atoms with E-state index in [0.29, 0.717) is 54.7 Å². The lowest BCUT2D eigenvalue weighted by Crippen LogP contribution is -2.44. The van der Waals surface area contributed by atoms with Crippen LogP contribution < -0.4 is 19.7 Å². The molecule has 2 aliphatic heterocycles. The van der Waals surface area contributed by atoms with Crippen LogP contribution in [0.2, 0.25) is 5.02 Å². The first-order valence-corrected chi connectivity index (χ1v) is 11.7. The number of ether oxygens (including phenoxy) is 2. The van der Waals surface area contributed by atoms with Gasteiger partial charge in [-0.2, -0.15) is 0 Å². The van der Waals surface area contributed by atoms with Crippen LogP contribution in [0.25, 0.3) is 0 Å². The molecular weight excluding hydrogens is 458 g/mol. The Morgan fingerprint density at radius 2 is 1.68 bits per heavy atom. The third kappa shape index (κ3) is 4.97. The number of methoxy groups -OCH3 is 2. The Labute approximate surface area is 203 Å². The molecule has 0 aromatic heterocycles. The number of amides is 3. The highest BCUT2D eigenvalue weighted by atomic mass is 35.5. The fourth-order valence-corrected chi connectivity index (χ4v) is 4.77. The number of nitrogens with zero attached hydrogens (tertiary/aromatic N) is 2. The molecule has 2 aromatic rings. The van der Waals surface area contributed by atoms with Crippen LogP contribution in [0.4, 0.5) is 11.4 Å². The number of hydrogen-bond acceptors (Lipinski definition) is 5. The van der Waals surface area contributed by atoms with Gasteiger partial charge >= 0.3 is 0 Å². The first kappa shape index (κ1) is 23.9. The third-order valence-electron chi connectivity index (χ3n) is 6.45. The highest BCUT2D eigenvalue weighted by Gasteiger charge is 2.38. The topological polar surface area (TPSA) is 88.2 Å². The number of nitrogens with one attached hydrogen (secondary N) is 1. The Balaban J connectivity index is 1.33. The fourth-order valence-electron chi connectivity index (χ4n) is 4.54. The molecule has 2 saturated heterocycles. The SMILES string of the molecule is COc1cc(NC(=O)C2CCN(C(=O)C3CC(=O)N(c4ccccc4)C3)CC2)c(OC)cc1Cl. The predicted octanol–water partition coefficient (Wildman–Crippen LogP) is 3.59. The van der Waals surface area contributed by atoms with Gasteiger partial charge in [0.25, 0.3) is 0 Å². The summed E-state index contributed by atoms with van der Waals surface area (Å²) in [6.45, 7) is 1.35. The van der Waals surface area contributed by atoms with Crippen molar-refractivity contribution in [1.29, 1.82) is 0 Å². The van der Waals surface area contributed by atoms with Crippen LogP contribution in [-0.2, 0) is 14.4 Å². The van der Waals surface area contributed by atoms with Gasteiger partial charge in [-0.15, -0.1) is 0 Å². The Morgan fingerprint density at radius 1 is 1.00 bits per heavy atom. The van der Waals surface area contributed by atoms with Crippen molar-refractivity contribution in [3.63, 3.8) is 0 Å².